The molecule has 2 heterocycles. The zero-order valence-corrected chi connectivity index (χ0v) is 28.2. The van der Waals surface area contributed by atoms with Gasteiger partial charge in [0.05, 0.1) is 11.6 Å². The molecule has 4 saturated carbocycles. The van der Waals surface area contributed by atoms with Gasteiger partial charge in [-0.1, -0.05) is 25.5 Å². The van der Waals surface area contributed by atoms with Gasteiger partial charge in [0.2, 0.25) is 0 Å². The van der Waals surface area contributed by atoms with E-state index >= 15 is 0 Å². The molecule has 5 fully saturated rings. The normalized spacial score (nSPS) is 40.6. The summed E-state index contributed by atoms with van der Waals surface area (Å²) in [4.78, 5) is 62.4. The van der Waals surface area contributed by atoms with Gasteiger partial charge in [0.25, 0.3) is 0 Å². The van der Waals surface area contributed by atoms with Crippen LogP contribution in [0.5, 0.6) is 0 Å². The van der Waals surface area contributed by atoms with Gasteiger partial charge >= 0.3 is 23.9 Å². The van der Waals surface area contributed by atoms with Gasteiger partial charge in [0.1, 0.15) is 30.8 Å². The van der Waals surface area contributed by atoms with E-state index in [1.165, 1.54) is 31.6 Å². The number of hydrogen-bond acceptors (Lipinski definition) is 12. The Morgan fingerprint density at radius 2 is 1.62 bits per heavy atom. The molecular weight excluding hydrogens is 610 g/mol. The number of Topliss-reactive ketones (excluding diaryl/α,β-unsaturated/α-hetero) is 1. The molecule has 47 heavy (non-hydrogen) atoms. The van der Waals surface area contributed by atoms with Crippen LogP contribution < -0.4 is 0 Å². The minimum Gasteiger partial charge on any atom is -0.463 e. The quantitative estimate of drug-likeness (QED) is 0.292. The lowest BCUT2D eigenvalue weighted by molar-refractivity contribution is -0.189. The fourth-order valence-corrected chi connectivity index (χ4v) is 10.5. The van der Waals surface area contributed by atoms with E-state index in [4.69, 9.17) is 23.7 Å². The number of rotatable bonds is 8. The molecule has 1 aromatic rings. The maximum atomic E-state index is 14.0. The molecule has 4 aliphatic carbocycles. The molecule has 1 aliphatic heterocycles. The predicted molar refractivity (Wildman–Crippen MR) is 162 cm³/mol. The fourth-order valence-electron chi connectivity index (χ4n) is 10.5. The average Bonchev–Trinajstić information content (AvgIpc) is 3.63. The number of ketones is 1. The Bertz CT molecular complexity index is 1460. The van der Waals surface area contributed by atoms with Crippen molar-refractivity contribution in [3.8, 4) is 0 Å². The van der Waals surface area contributed by atoms with Crippen molar-refractivity contribution in [2.24, 2.45) is 33.5 Å². The van der Waals surface area contributed by atoms with Crippen LogP contribution in [-0.2, 0) is 54.3 Å². The molecule has 0 N–H and O–H groups in total. The van der Waals surface area contributed by atoms with E-state index in [2.05, 4.69) is 24.2 Å². The highest BCUT2D eigenvalue weighted by Crippen LogP contribution is 2.73. The topological polar surface area (TPSA) is 162 Å². The van der Waals surface area contributed by atoms with Crippen LogP contribution in [0.1, 0.15) is 111 Å². The summed E-state index contributed by atoms with van der Waals surface area (Å²) in [6, 6.07) is 0. The third-order valence-electron chi connectivity index (χ3n) is 12.3. The first kappa shape index (κ1) is 33.5. The third-order valence-corrected chi connectivity index (χ3v) is 12.3. The summed E-state index contributed by atoms with van der Waals surface area (Å²) >= 11 is 0. The highest BCUT2D eigenvalue weighted by molar-refractivity contribution is 5.88. The Balaban J connectivity index is 1.16. The first-order chi connectivity index (χ1) is 22.1. The van der Waals surface area contributed by atoms with Crippen molar-refractivity contribution in [1.29, 1.82) is 0 Å². The molecule has 258 valence electrons. The molecule has 13 nitrogen and oxygen atoms in total. The highest BCUT2D eigenvalue weighted by Gasteiger charge is 2.68. The summed E-state index contributed by atoms with van der Waals surface area (Å²) in [6.45, 7) is 9.88. The number of fused-ring (bicyclic) bond motifs is 3. The number of nitrogens with zero attached hydrogens (tertiary/aromatic N) is 3. The monoisotopic (exact) mass is 657 g/mol. The zero-order chi connectivity index (χ0) is 33.9. The number of hydrogen-bond donors (Lipinski definition) is 0. The fraction of sp³-hybridized carbons (Fsp3) is 0.794. The summed E-state index contributed by atoms with van der Waals surface area (Å²) in [5, 5.41) is 8.32. The van der Waals surface area contributed by atoms with Crippen LogP contribution >= 0.6 is 0 Å². The smallest absolute Gasteiger partial charge is 0.312 e. The van der Waals surface area contributed by atoms with Crippen molar-refractivity contribution < 1.29 is 47.7 Å². The molecule has 2 bridgehead atoms. The van der Waals surface area contributed by atoms with Gasteiger partial charge in [-0.05, 0) is 74.5 Å². The first-order valence-corrected chi connectivity index (χ1v) is 16.8. The summed E-state index contributed by atoms with van der Waals surface area (Å²) in [5.41, 5.74) is -0.457. The van der Waals surface area contributed by atoms with E-state index in [1.54, 1.807) is 0 Å². The molecule has 1 saturated heterocycles. The van der Waals surface area contributed by atoms with E-state index in [0.29, 0.717) is 23.8 Å². The maximum absolute atomic E-state index is 14.0. The predicted octanol–water partition coefficient (Wildman–Crippen LogP) is 4.02. The largest absolute Gasteiger partial charge is 0.463 e. The Hall–Kier alpha value is -3.35. The van der Waals surface area contributed by atoms with Crippen molar-refractivity contribution in [3.63, 3.8) is 0 Å². The lowest BCUT2D eigenvalue weighted by atomic mass is 9.40. The SMILES string of the molecule is CC(=O)OC[C@H]1O[C@@H](n2cc(COC(=O)[C@]3(C)CCC[C@@]4(C)[C@@H]5CC[C@@]6(C)C[C@]5(CC[C@@H]43)CC6=O)nn2)[C@H](OC(C)=O)[C@@H]1OC(C)=O. The van der Waals surface area contributed by atoms with Gasteiger partial charge in [-0.25, -0.2) is 4.68 Å². The summed E-state index contributed by atoms with van der Waals surface area (Å²) in [7, 11) is 0. The maximum Gasteiger partial charge on any atom is 0.312 e. The number of esters is 4. The van der Waals surface area contributed by atoms with Crippen LogP contribution in [-0.4, -0.2) is 69.6 Å². The lowest BCUT2D eigenvalue weighted by Crippen LogP contribution is -2.58. The molecule has 13 heteroatoms. The van der Waals surface area contributed by atoms with Crippen LogP contribution in [0, 0.1) is 33.5 Å². The van der Waals surface area contributed by atoms with Crippen LogP contribution in [0.4, 0.5) is 0 Å². The van der Waals surface area contributed by atoms with Crippen LogP contribution in [0.3, 0.4) is 0 Å². The Morgan fingerprint density at radius 1 is 0.915 bits per heavy atom. The zero-order valence-electron chi connectivity index (χ0n) is 28.2. The minimum absolute atomic E-state index is 0.0357. The van der Waals surface area contributed by atoms with Crippen molar-refractivity contribution in [2.45, 2.75) is 130 Å². The number of carbonyl (C=O) groups is 5. The third kappa shape index (κ3) is 5.76. The molecule has 0 unspecified atom stereocenters. The highest BCUT2D eigenvalue weighted by atomic mass is 16.7. The molecule has 6 rings (SSSR count). The van der Waals surface area contributed by atoms with Crippen LogP contribution in [0.25, 0.3) is 0 Å². The Labute approximate surface area is 274 Å². The van der Waals surface area contributed by atoms with Crippen molar-refractivity contribution in [1.82, 2.24) is 15.0 Å². The number of aromatic nitrogens is 3. The first-order valence-electron chi connectivity index (χ1n) is 16.8. The van der Waals surface area contributed by atoms with Crippen molar-refractivity contribution in [3.05, 3.63) is 11.9 Å². The van der Waals surface area contributed by atoms with Crippen LogP contribution in [0.15, 0.2) is 6.20 Å². The van der Waals surface area contributed by atoms with Crippen LogP contribution in [0.2, 0.25) is 0 Å². The van der Waals surface area contributed by atoms with Crippen molar-refractivity contribution in [2.75, 3.05) is 6.61 Å². The van der Waals surface area contributed by atoms with E-state index in [0.717, 1.165) is 51.4 Å². The van der Waals surface area contributed by atoms with Gasteiger partial charge in [-0.3, -0.25) is 24.0 Å². The molecule has 0 radical (unpaired) electrons. The Kier molecular flexibility index (Phi) is 8.54. The minimum atomic E-state index is -1.10. The number of carbonyl (C=O) groups excluding carboxylic acids is 5. The summed E-state index contributed by atoms with van der Waals surface area (Å²) < 4.78 is 29.3. The average molecular weight is 658 g/mol. The lowest BCUT2D eigenvalue weighted by Gasteiger charge is -2.63. The van der Waals surface area contributed by atoms with E-state index in [1.807, 2.05) is 6.92 Å². The molecule has 0 aromatic carbocycles. The van der Waals surface area contributed by atoms with Gasteiger partial charge in [-0.15, -0.1) is 5.10 Å². The van der Waals surface area contributed by atoms with Gasteiger partial charge in [0, 0.05) is 32.6 Å². The summed E-state index contributed by atoms with van der Waals surface area (Å²) in [6.07, 6.45) is 5.65. The van der Waals surface area contributed by atoms with Gasteiger partial charge < -0.3 is 23.7 Å². The standard InChI is InChI=1S/C34H47N3O10/c1-19(38)43-17-23-27(45-20(2)39)28(46-21(3)40)29(47-23)37-15-22(35-36-37)16-44-30(42)33(6)11-7-10-32(5)24(33)9-13-34-14-26(41)31(4,18-34)12-8-25(32)34/h15,23-25,27-29H,7-14,16-18H2,1-6H3/t23-,24+,25+,27-,28-,29-,31+,32-,33-,34+/m1/s1. The second-order valence-corrected chi connectivity index (χ2v) is 15.4. The van der Waals surface area contributed by atoms with Gasteiger partial charge in [-0.2, -0.15) is 0 Å². The summed E-state index contributed by atoms with van der Waals surface area (Å²) in [5.74, 6) is -1.06. The molecule has 1 spiro atoms. The van der Waals surface area contributed by atoms with Crippen molar-refractivity contribution >= 4 is 29.7 Å². The molecular formula is C34H47N3O10. The second-order valence-electron chi connectivity index (χ2n) is 15.4. The second kappa shape index (κ2) is 12.0. The molecule has 10 atom stereocenters. The van der Waals surface area contributed by atoms with Gasteiger partial charge in [0.15, 0.2) is 18.4 Å². The Morgan fingerprint density at radius 3 is 2.32 bits per heavy atom. The van der Waals surface area contributed by atoms with E-state index in [-0.39, 0.29) is 41.3 Å². The molecule has 1 aromatic heterocycles. The number of ether oxygens (including phenoxy) is 5. The molecule has 5 aliphatic rings. The van der Waals surface area contributed by atoms with E-state index in [9.17, 15) is 24.0 Å². The van der Waals surface area contributed by atoms with E-state index < -0.39 is 47.9 Å². The molecule has 0 amide bonds.